The van der Waals surface area contributed by atoms with Crippen LogP contribution in [-0.4, -0.2) is 39.2 Å². The number of nitrogens with zero attached hydrogens (tertiary/aromatic N) is 4. The first-order chi connectivity index (χ1) is 14.9. The Morgan fingerprint density at radius 2 is 1.81 bits per heavy atom. The summed E-state index contributed by atoms with van der Waals surface area (Å²) in [7, 11) is 0. The molecule has 158 valence electrons. The quantitative estimate of drug-likeness (QED) is 0.526. The number of likely N-dealkylation sites (tertiary alicyclic amines) is 1. The fourth-order valence-corrected chi connectivity index (χ4v) is 4.27. The van der Waals surface area contributed by atoms with Crippen molar-refractivity contribution in [1.29, 1.82) is 0 Å². The van der Waals surface area contributed by atoms with Crippen LogP contribution < -0.4 is 0 Å². The van der Waals surface area contributed by atoms with Crippen molar-refractivity contribution < 1.29 is 13.6 Å². The van der Waals surface area contributed by atoms with Gasteiger partial charge < -0.3 is 9.47 Å². The summed E-state index contributed by atoms with van der Waals surface area (Å²) in [6.07, 6.45) is 2.58. The van der Waals surface area contributed by atoms with Crippen LogP contribution in [0.15, 0.2) is 41.5 Å². The molecule has 1 atom stereocenters. The number of rotatable bonds is 2. The Balaban J connectivity index is 1.76. The van der Waals surface area contributed by atoms with Crippen LogP contribution in [0, 0.1) is 11.6 Å². The monoisotopic (exact) mass is 460 g/mol. The van der Waals surface area contributed by atoms with Crippen molar-refractivity contribution in [1.82, 2.24) is 14.5 Å². The summed E-state index contributed by atoms with van der Waals surface area (Å²) in [6, 6.07) is 6.28. The number of halogens is 4. The summed E-state index contributed by atoms with van der Waals surface area (Å²) in [5.41, 5.74) is 0.817. The molecule has 0 spiro atoms. The lowest BCUT2D eigenvalue weighted by molar-refractivity contribution is 0.0646. The molecule has 0 bridgehead atoms. The number of amides is 1. The highest BCUT2D eigenvalue weighted by atomic mass is 35.5. The van der Waals surface area contributed by atoms with E-state index < -0.39 is 17.7 Å². The van der Waals surface area contributed by atoms with Gasteiger partial charge in [0.2, 0.25) is 0 Å². The third-order valence-corrected chi connectivity index (χ3v) is 6.37. The normalized spacial score (nSPS) is 17.4. The third-order valence-electron chi connectivity index (χ3n) is 5.56. The van der Waals surface area contributed by atoms with Crippen molar-refractivity contribution in [2.75, 3.05) is 13.1 Å². The highest BCUT2D eigenvalue weighted by molar-refractivity contribution is 6.45. The predicted octanol–water partition coefficient (Wildman–Crippen LogP) is 5.22. The molecule has 0 saturated carbocycles. The maximum atomic E-state index is 14.7. The summed E-state index contributed by atoms with van der Waals surface area (Å²) in [6.45, 7) is 3.14. The van der Waals surface area contributed by atoms with Gasteiger partial charge in [-0.2, -0.15) is 0 Å². The SMILES string of the molecule is C[C@@H]1N=C(c2c(F)cccc2F)c2c(ccc(Cl)c2Cl)-n2cc(C(=O)N3CCC3)nc21. The van der Waals surface area contributed by atoms with Crippen molar-refractivity contribution in [3.05, 3.63) is 80.9 Å². The summed E-state index contributed by atoms with van der Waals surface area (Å²) < 4.78 is 31.1. The molecule has 3 heterocycles. The molecule has 0 aliphatic carbocycles. The largest absolute Gasteiger partial charge is 0.337 e. The number of benzene rings is 2. The van der Waals surface area contributed by atoms with Crippen LogP contribution >= 0.6 is 23.2 Å². The highest BCUT2D eigenvalue weighted by Gasteiger charge is 2.32. The van der Waals surface area contributed by atoms with Crippen LogP contribution in [0.4, 0.5) is 8.78 Å². The van der Waals surface area contributed by atoms with Crippen LogP contribution in [0.3, 0.4) is 0 Å². The summed E-state index contributed by atoms with van der Waals surface area (Å²) in [4.78, 5) is 23.5. The van der Waals surface area contributed by atoms with Gasteiger partial charge in [-0.25, -0.2) is 13.8 Å². The average molecular weight is 461 g/mol. The lowest BCUT2D eigenvalue weighted by Crippen LogP contribution is -2.42. The third kappa shape index (κ3) is 3.15. The zero-order chi connectivity index (χ0) is 21.9. The van der Waals surface area contributed by atoms with Gasteiger partial charge in [-0.15, -0.1) is 0 Å². The smallest absolute Gasteiger partial charge is 0.274 e. The van der Waals surface area contributed by atoms with Crippen molar-refractivity contribution >= 4 is 34.8 Å². The van der Waals surface area contributed by atoms with Crippen molar-refractivity contribution in [3.63, 3.8) is 0 Å². The van der Waals surface area contributed by atoms with Gasteiger partial charge in [-0.3, -0.25) is 9.79 Å². The van der Waals surface area contributed by atoms with Crippen molar-refractivity contribution in [2.45, 2.75) is 19.4 Å². The first kappa shape index (κ1) is 20.2. The molecule has 2 aliphatic rings. The number of fused-ring (bicyclic) bond motifs is 3. The van der Waals surface area contributed by atoms with Crippen molar-refractivity contribution in [2.24, 2.45) is 4.99 Å². The maximum absolute atomic E-state index is 14.7. The molecule has 31 heavy (non-hydrogen) atoms. The zero-order valence-corrected chi connectivity index (χ0v) is 17.9. The number of imidazole rings is 1. The summed E-state index contributed by atoms with van der Waals surface area (Å²) >= 11 is 12.8. The van der Waals surface area contributed by atoms with E-state index in [0.29, 0.717) is 24.6 Å². The lowest BCUT2D eigenvalue weighted by atomic mass is 9.99. The van der Waals surface area contributed by atoms with E-state index in [0.717, 1.165) is 18.6 Å². The first-order valence-corrected chi connectivity index (χ1v) is 10.5. The molecule has 1 amide bonds. The van der Waals surface area contributed by atoms with Gasteiger partial charge >= 0.3 is 0 Å². The van der Waals surface area contributed by atoms with Crippen LogP contribution in [0.1, 0.15) is 46.8 Å². The number of hydrogen-bond donors (Lipinski definition) is 0. The molecule has 1 aromatic heterocycles. The number of hydrogen-bond acceptors (Lipinski definition) is 3. The average Bonchev–Trinajstić information content (AvgIpc) is 3.09. The van der Waals surface area contributed by atoms with E-state index in [9.17, 15) is 13.6 Å². The molecule has 0 N–H and O–H groups in total. The molecular weight excluding hydrogens is 445 g/mol. The molecule has 2 aliphatic heterocycles. The van der Waals surface area contributed by atoms with E-state index in [1.54, 1.807) is 34.7 Å². The zero-order valence-electron chi connectivity index (χ0n) is 16.4. The molecule has 0 unspecified atom stereocenters. The minimum Gasteiger partial charge on any atom is -0.337 e. The summed E-state index contributed by atoms with van der Waals surface area (Å²) in [5, 5.41) is 0.336. The minimum absolute atomic E-state index is 0.0479. The van der Waals surface area contributed by atoms with E-state index in [4.69, 9.17) is 23.2 Å². The molecule has 0 radical (unpaired) electrons. The molecule has 9 heteroatoms. The molecule has 5 rings (SSSR count). The van der Waals surface area contributed by atoms with Crippen LogP contribution in [0.2, 0.25) is 10.0 Å². The standard InChI is InChI=1S/C22H16Cl2F2N4O/c1-11-21-28-15(22(31)29-8-3-9-29)10-30(21)16-7-6-12(23)19(24)18(16)20(27-11)17-13(25)4-2-5-14(17)26/h2,4-7,10-11H,3,8-9H2,1H3/t11-/m0/s1. The van der Waals surface area contributed by atoms with E-state index in [2.05, 4.69) is 9.98 Å². The Kier molecular flexibility index (Phi) is 4.83. The van der Waals surface area contributed by atoms with Gasteiger partial charge in [-0.05, 0) is 37.6 Å². The Labute approximate surface area is 186 Å². The van der Waals surface area contributed by atoms with Crippen LogP contribution in [-0.2, 0) is 0 Å². The molecule has 3 aromatic rings. The second-order valence-corrected chi connectivity index (χ2v) is 8.29. The van der Waals surface area contributed by atoms with E-state index >= 15 is 0 Å². The van der Waals surface area contributed by atoms with Crippen molar-refractivity contribution in [3.8, 4) is 5.69 Å². The first-order valence-electron chi connectivity index (χ1n) is 9.76. The predicted molar refractivity (Wildman–Crippen MR) is 115 cm³/mol. The summed E-state index contributed by atoms with van der Waals surface area (Å²) in [5.74, 6) is -1.22. The molecule has 1 fully saturated rings. The maximum Gasteiger partial charge on any atom is 0.274 e. The highest BCUT2D eigenvalue weighted by Crippen LogP contribution is 2.38. The lowest BCUT2D eigenvalue weighted by Gasteiger charge is -2.30. The number of carbonyl (C=O) groups is 1. The topological polar surface area (TPSA) is 50.5 Å². The number of aromatic nitrogens is 2. The van der Waals surface area contributed by atoms with E-state index in [1.165, 1.54) is 6.07 Å². The van der Waals surface area contributed by atoms with Gasteiger partial charge in [-0.1, -0.05) is 29.3 Å². The fraction of sp³-hybridized carbons (Fsp3) is 0.227. The second-order valence-electron chi connectivity index (χ2n) is 7.51. The Bertz CT molecular complexity index is 1250. The van der Waals surface area contributed by atoms with Gasteiger partial charge in [0, 0.05) is 24.8 Å². The Morgan fingerprint density at radius 3 is 2.45 bits per heavy atom. The van der Waals surface area contributed by atoms with Crippen LogP contribution in [0.25, 0.3) is 5.69 Å². The molecule has 5 nitrogen and oxygen atoms in total. The van der Waals surface area contributed by atoms with Gasteiger partial charge in [0.25, 0.3) is 5.91 Å². The number of aliphatic imine (C=N–C) groups is 1. The second kappa shape index (κ2) is 7.43. The Hall–Kier alpha value is -2.77. The minimum atomic E-state index is -0.763. The van der Waals surface area contributed by atoms with Gasteiger partial charge in [0.15, 0.2) is 0 Å². The van der Waals surface area contributed by atoms with E-state index in [1.807, 2.05) is 0 Å². The van der Waals surface area contributed by atoms with Crippen LogP contribution in [0.5, 0.6) is 0 Å². The Morgan fingerprint density at radius 1 is 1.10 bits per heavy atom. The fourth-order valence-electron chi connectivity index (χ4n) is 3.86. The molecule has 1 saturated heterocycles. The van der Waals surface area contributed by atoms with Gasteiger partial charge in [0.1, 0.15) is 29.2 Å². The molecular formula is C22H16Cl2F2N4O. The van der Waals surface area contributed by atoms with Gasteiger partial charge in [0.05, 0.1) is 27.0 Å². The molecule has 2 aromatic carbocycles. The number of carbonyl (C=O) groups excluding carboxylic acids is 1. The van der Waals surface area contributed by atoms with E-state index in [-0.39, 0.29) is 38.5 Å².